The molecule has 1 aliphatic rings. The van der Waals surface area contributed by atoms with Gasteiger partial charge < -0.3 is 4.90 Å². The second-order valence-electron chi connectivity index (χ2n) is 4.31. The Morgan fingerprint density at radius 1 is 1.25 bits per heavy atom. The molecule has 2 atom stereocenters. The fourth-order valence-electron chi connectivity index (χ4n) is 2.08. The standard InChI is InChI=1S/C11H23N/c1-4-5-6-9-12(3)11-8-7-10(11)2/h10-11H,4-9H2,1-3H3. The molecule has 0 heterocycles. The zero-order chi connectivity index (χ0) is 8.97. The van der Waals surface area contributed by atoms with Crippen molar-refractivity contribution in [3.05, 3.63) is 0 Å². The van der Waals surface area contributed by atoms with Gasteiger partial charge in [0.2, 0.25) is 0 Å². The van der Waals surface area contributed by atoms with Crippen molar-refractivity contribution in [1.29, 1.82) is 0 Å². The van der Waals surface area contributed by atoms with Crippen molar-refractivity contribution < 1.29 is 0 Å². The van der Waals surface area contributed by atoms with E-state index in [0.717, 1.165) is 12.0 Å². The van der Waals surface area contributed by atoms with Gasteiger partial charge in [-0.25, -0.2) is 0 Å². The molecule has 0 aromatic rings. The van der Waals surface area contributed by atoms with Crippen molar-refractivity contribution in [2.24, 2.45) is 5.92 Å². The molecule has 72 valence electrons. The third-order valence-electron chi connectivity index (χ3n) is 3.26. The van der Waals surface area contributed by atoms with E-state index in [4.69, 9.17) is 0 Å². The number of hydrogen-bond donors (Lipinski definition) is 0. The molecule has 12 heavy (non-hydrogen) atoms. The van der Waals surface area contributed by atoms with E-state index < -0.39 is 0 Å². The van der Waals surface area contributed by atoms with Crippen molar-refractivity contribution in [3.8, 4) is 0 Å². The van der Waals surface area contributed by atoms with Crippen LogP contribution in [-0.4, -0.2) is 24.5 Å². The molecule has 1 rings (SSSR count). The van der Waals surface area contributed by atoms with E-state index in [0.29, 0.717) is 0 Å². The molecule has 1 fully saturated rings. The van der Waals surface area contributed by atoms with Gasteiger partial charge in [-0.2, -0.15) is 0 Å². The van der Waals surface area contributed by atoms with Crippen LogP contribution in [0.15, 0.2) is 0 Å². The number of nitrogens with zero attached hydrogens (tertiary/aromatic N) is 1. The van der Waals surface area contributed by atoms with E-state index >= 15 is 0 Å². The minimum Gasteiger partial charge on any atom is -0.303 e. The van der Waals surface area contributed by atoms with Crippen LogP contribution in [0.25, 0.3) is 0 Å². The second kappa shape index (κ2) is 4.86. The van der Waals surface area contributed by atoms with E-state index in [1.54, 1.807) is 0 Å². The lowest BCUT2D eigenvalue weighted by Crippen LogP contribution is -2.44. The molecule has 0 aromatic heterocycles. The lowest BCUT2D eigenvalue weighted by molar-refractivity contribution is 0.0946. The quantitative estimate of drug-likeness (QED) is 0.572. The second-order valence-corrected chi connectivity index (χ2v) is 4.31. The van der Waals surface area contributed by atoms with Gasteiger partial charge in [0.25, 0.3) is 0 Å². The summed E-state index contributed by atoms with van der Waals surface area (Å²) in [5.41, 5.74) is 0. The highest BCUT2D eigenvalue weighted by atomic mass is 15.1. The summed E-state index contributed by atoms with van der Waals surface area (Å²) < 4.78 is 0. The summed E-state index contributed by atoms with van der Waals surface area (Å²) in [6, 6.07) is 0.904. The minimum absolute atomic E-state index is 0.904. The monoisotopic (exact) mass is 169 g/mol. The molecular weight excluding hydrogens is 146 g/mol. The topological polar surface area (TPSA) is 3.24 Å². The average Bonchev–Trinajstić information content (AvgIpc) is 2.02. The van der Waals surface area contributed by atoms with Crippen molar-refractivity contribution >= 4 is 0 Å². The van der Waals surface area contributed by atoms with Crippen LogP contribution in [0.4, 0.5) is 0 Å². The van der Waals surface area contributed by atoms with Crippen LogP contribution in [0.1, 0.15) is 46.0 Å². The lowest BCUT2D eigenvalue weighted by Gasteiger charge is -2.41. The van der Waals surface area contributed by atoms with Crippen LogP contribution in [0, 0.1) is 5.92 Å². The number of unbranched alkanes of at least 4 members (excludes halogenated alkanes) is 2. The predicted molar refractivity (Wildman–Crippen MR) is 54.3 cm³/mol. The first-order valence-electron chi connectivity index (χ1n) is 5.46. The Kier molecular flexibility index (Phi) is 4.07. The van der Waals surface area contributed by atoms with E-state index in [1.165, 1.54) is 38.6 Å². The Morgan fingerprint density at radius 2 is 2.00 bits per heavy atom. The largest absolute Gasteiger partial charge is 0.303 e. The fraction of sp³-hybridized carbons (Fsp3) is 1.00. The maximum Gasteiger partial charge on any atom is 0.0118 e. The molecule has 0 N–H and O–H groups in total. The van der Waals surface area contributed by atoms with Crippen LogP contribution in [0.2, 0.25) is 0 Å². The van der Waals surface area contributed by atoms with Crippen LogP contribution >= 0.6 is 0 Å². The Hall–Kier alpha value is -0.0400. The molecule has 0 aromatic carbocycles. The Bertz CT molecular complexity index is 122. The van der Waals surface area contributed by atoms with Gasteiger partial charge in [0, 0.05) is 6.04 Å². The number of rotatable bonds is 5. The van der Waals surface area contributed by atoms with Gasteiger partial charge in [-0.3, -0.25) is 0 Å². The van der Waals surface area contributed by atoms with E-state index in [9.17, 15) is 0 Å². The molecule has 2 unspecified atom stereocenters. The first kappa shape index (κ1) is 10.0. The summed E-state index contributed by atoms with van der Waals surface area (Å²) in [5, 5.41) is 0. The van der Waals surface area contributed by atoms with Crippen LogP contribution in [-0.2, 0) is 0 Å². The van der Waals surface area contributed by atoms with Gasteiger partial charge in [0.15, 0.2) is 0 Å². The van der Waals surface area contributed by atoms with Gasteiger partial charge in [0.05, 0.1) is 0 Å². The molecule has 1 saturated carbocycles. The van der Waals surface area contributed by atoms with Crippen molar-refractivity contribution in [2.45, 2.75) is 52.0 Å². The zero-order valence-electron chi connectivity index (χ0n) is 8.84. The zero-order valence-corrected chi connectivity index (χ0v) is 8.84. The highest BCUT2D eigenvalue weighted by Crippen LogP contribution is 2.30. The summed E-state index contributed by atoms with van der Waals surface area (Å²) in [4.78, 5) is 2.56. The Morgan fingerprint density at radius 3 is 2.42 bits per heavy atom. The first-order chi connectivity index (χ1) is 5.75. The molecule has 0 radical (unpaired) electrons. The molecule has 0 bridgehead atoms. The Labute approximate surface area is 77.1 Å². The molecule has 1 heteroatoms. The summed E-state index contributed by atoms with van der Waals surface area (Å²) in [5.74, 6) is 0.955. The van der Waals surface area contributed by atoms with Crippen molar-refractivity contribution in [2.75, 3.05) is 13.6 Å². The van der Waals surface area contributed by atoms with E-state index in [-0.39, 0.29) is 0 Å². The Balaban J connectivity index is 2.06. The highest BCUT2D eigenvalue weighted by Gasteiger charge is 2.29. The summed E-state index contributed by atoms with van der Waals surface area (Å²) in [7, 11) is 2.29. The number of hydrogen-bond acceptors (Lipinski definition) is 1. The summed E-state index contributed by atoms with van der Waals surface area (Å²) in [6.45, 7) is 5.96. The normalized spacial score (nSPS) is 29.0. The van der Waals surface area contributed by atoms with Gasteiger partial charge in [-0.1, -0.05) is 26.7 Å². The predicted octanol–water partition coefficient (Wildman–Crippen LogP) is 2.91. The molecule has 0 spiro atoms. The smallest absolute Gasteiger partial charge is 0.0118 e. The average molecular weight is 169 g/mol. The lowest BCUT2D eigenvalue weighted by atomic mass is 9.80. The van der Waals surface area contributed by atoms with Crippen molar-refractivity contribution in [1.82, 2.24) is 4.90 Å². The van der Waals surface area contributed by atoms with Crippen LogP contribution < -0.4 is 0 Å². The highest BCUT2D eigenvalue weighted by molar-refractivity contribution is 4.84. The van der Waals surface area contributed by atoms with Gasteiger partial charge in [0.1, 0.15) is 0 Å². The molecular formula is C11H23N. The molecule has 0 saturated heterocycles. The molecule has 1 nitrogen and oxygen atoms in total. The fourth-order valence-corrected chi connectivity index (χ4v) is 2.08. The van der Waals surface area contributed by atoms with Crippen LogP contribution in [0.5, 0.6) is 0 Å². The minimum atomic E-state index is 0.904. The summed E-state index contributed by atoms with van der Waals surface area (Å²) >= 11 is 0. The van der Waals surface area contributed by atoms with Crippen LogP contribution in [0.3, 0.4) is 0 Å². The van der Waals surface area contributed by atoms with E-state index in [1.807, 2.05) is 0 Å². The maximum atomic E-state index is 2.56. The third-order valence-corrected chi connectivity index (χ3v) is 3.26. The first-order valence-corrected chi connectivity index (χ1v) is 5.46. The summed E-state index contributed by atoms with van der Waals surface area (Å²) in [6.07, 6.45) is 7.00. The maximum absolute atomic E-state index is 2.56. The SMILES string of the molecule is CCCCCN(C)C1CCC1C. The van der Waals surface area contributed by atoms with Gasteiger partial charge in [-0.15, -0.1) is 0 Å². The third kappa shape index (κ3) is 2.48. The van der Waals surface area contributed by atoms with Gasteiger partial charge >= 0.3 is 0 Å². The van der Waals surface area contributed by atoms with Gasteiger partial charge in [-0.05, 0) is 38.8 Å². The van der Waals surface area contributed by atoms with Crippen molar-refractivity contribution in [3.63, 3.8) is 0 Å². The van der Waals surface area contributed by atoms with E-state index in [2.05, 4.69) is 25.8 Å². The molecule has 1 aliphatic carbocycles. The molecule has 0 amide bonds. The molecule has 0 aliphatic heterocycles.